The minimum atomic E-state index is -3.57. The average molecular weight is 442 g/mol. The quantitative estimate of drug-likeness (QED) is 0.700. The highest BCUT2D eigenvalue weighted by Gasteiger charge is 2.24. The Balaban J connectivity index is 2.46. The third-order valence-corrected chi connectivity index (χ3v) is 7.59. The van der Waals surface area contributed by atoms with Crippen molar-refractivity contribution in [2.24, 2.45) is 9.50 Å². The summed E-state index contributed by atoms with van der Waals surface area (Å²) >= 11 is 0.946. The number of nitrogens with two attached hydrogens (primary N) is 1. The highest BCUT2D eigenvalue weighted by atomic mass is 32.2. The molecule has 1 heterocycles. The van der Waals surface area contributed by atoms with Gasteiger partial charge in [0.05, 0.1) is 16.9 Å². The Kier molecular flexibility index (Phi) is 6.99. The molecule has 2 aromatic rings. The van der Waals surface area contributed by atoms with Gasteiger partial charge >= 0.3 is 0 Å². The average Bonchev–Trinajstić information content (AvgIpc) is 3.04. The van der Waals surface area contributed by atoms with Crippen LogP contribution in [0, 0.1) is 5.82 Å². The van der Waals surface area contributed by atoms with E-state index in [0.717, 1.165) is 16.9 Å². The van der Waals surface area contributed by atoms with E-state index in [1.54, 1.807) is 19.9 Å². The number of benzene rings is 1. The van der Waals surface area contributed by atoms with Crippen molar-refractivity contribution in [3.63, 3.8) is 0 Å². The van der Waals surface area contributed by atoms with Gasteiger partial charge in [-0.1, -0.05) is 33.8 Å². The standard InChI is InChI=1S/C20H28FN3O3S2/c1-11(2)13-7-8-15(21)18(12(3)4)14(13)9-17(25)24-29(22,27)19-23-10-16(28-19)20(5,6)26/h7-8,10-12,26H,9H2,1-6H3,(H2,22,24,25,27)/t29-/m1/s1. The molecule has 6 nitrogen and oxygen atoms in total. The Morgan fingerprint density at radius 3 is 2.41 bits per heavy atom. The number of aliphatic hydroxyl groups is 1. The van der Waals surface area contributed by atoms with Gasteiger partial charge in [0.2, 0.25) is 4.34 Å². The van der Waals surface area contributed by atoms with E-state index < -0.39 is 21.4 Å². The lowest BCUT2D eigenvalue weighted by molar-refractivity contribution is -0.117. The number of hydrogen-bond donors (Lipinski definition) is 2. The van der Waals surface area contributed by atoms with Crippen LogP contribution in [0.4, 0.5) is 4.39 Å². The molecule has 1 aromatic heterocycles. The number of amides is 1. The van der Waals surface area contributed by atoms with Crippen LogP contribution >= 0.6 is 11.3 Å². The lowest BCUT2D eigenvalue weighted by atomic mass is 9.86. The fraction of sp³-hybridized carbons (Fsp3) is 0.500. The Morgan fingerprint density at radius 2 is 1.93 bits per heavy atom. The molecule has 0 spiro atoms. The van der Waals surface area contributed by atoms with E-state index in [4.69, 9.17) is 5.14 Å². The van der Waals surface area contributed by atoms with E-state index in [-0.39, 0.29) is 28.4 Å². The molecule has 0 fully saturated rings. The maximum absolute atomic E-state index is 14.5. The van der Waals surface area contributed by atoms with E-state index in [0.29, 0.717) is 16.0 Å². The Labute approximate surface area is 175 Å². The normalized spacial score (nSPS) is 14.3. The molecule has 1 aromatic carbocycles. The Hall–Kier alpha value is -1.68. The molecule has 1 amide bonds. The molecule has 0 unspecified atom stereocenters. The van der Waals surface area contributed by atoms with Crippen molar-refractivity contribution >= 4 is 27.2 Å². The molecule has 0 aliphatic carbocycles. The van der Waals surface area contributed by atoms with Crippen LogP contribution in [-0.2, 0) is 26.7 Å². The van der Waals surface area contributed by atoms with E-state index in [2.05, 4.69) is 9.35 Å². The molecule has 0 radical (unpaired) electrons. The second kappa shape index (κ2) is 8.59. The zero-order valence-corrected chi connectivity index (χ0v) is 19.2. The van der Waals surface area contributed by atoms with Crippen LogP contribution < -0.4 is 5.14 Å². The third-order valence-electron chi connectivity index (χ3n) is 4.44. The second-order valence-corrected chi connectivity index (χ2v) is 11.1. The van der Waals surface area contributed by atoms with Crippen molar-refractivity contribution in [1.29, 1.82) is 0 Å². The molecule has 2 rings (SSSR count). The first-order valence-corrected chi connectivity index (χ1v) is 11.7. The Morgan fingerprint density at radius 1 is 1.31 bits per heavy atom. The van der Waals surface area contributed by atoms with E-state index in [1.165, 1.54) is 12.3 Å². The van der Waals surface area contributed by atoms with Gasteiger partial charge in [0.1, 0.15) is 5.82 Å². The molecule has 29 heavy (non-hydrogen) atoms. The maximum atomic E-state index is 14.5. The van der Waals surface area contributed by atoms with Crippen LogP contribution in [0.1, 0.15) is 74.9 Å². The maximum Gasteiger partial charge on any atom is 0.259 e. The van der Waals surface area contributed by atoms with Crippen molar-refractivity contribution in [2.75, 3.05) is 0 Å². The SMILES string of the molecule is CC(C)c1ccc(F)c(C(C)C)c1CC(=O)N=[S@@](N)(=O)c1ncc(C(C)(C)O)s1. The predicted molar refractivity (Wildman–Crippen MR) is 114 cm³/mol. The van der Waals surface area contributed by atoms with Gasteiger partial charge in [-0.05, 0) is 48.4 Å². The molecule has 1 atom stereocenters. The molecule has 160 valence electrons. The molecule has 0 saturated carbocycles. The first kappa shape index (κ1) is 23.6. The van der Waals surface area contributed by atoms with Gasteiger partial charge in [0.25, 0.3) is 5.91 Å². The summed E-state index contributed by atoms with van der Waals surface area (Å²) in [6, 6.07) is 3.08. The van der Waals surface area contributed by atoms with Crippen LogP contribution in [0.3, 0.4) is 0 Å². The summed E-state index contributed by atoms with van der Waals surface area (Å²) in [5.41, 5.74) is 0.702. The number of nitrogens with zero attached hydrogens (tertiary/aromatic N) is 2. The number of thiazole rings is 1. The molecule has 0 bridgehead atoms. The predicted octanol–water partition coefficient (Wildman–Crippen LogP) is 4.23. The molecular weight excluding hydrogens is 413 g/mol. The molecule has 0 aliphatic heterocycles. The minimum absolute atomic E-state index is 0.0321. The van der Waals surface area contributed by atoms with Gasteiger partial charge in [-0.2, -0.15) is 0 Å². The highest BCUT2D eigenvalue weighted by molar-refractivity contribution is 7.93. The van der Waals surface area contributed by atoms with Crippen LogP contribution in [0.15, 0.2) is 27.0 Å². The number of rotatable bonds is 6. The number of aromatic nitrogens is 1. The van der Waals surface area contributed by atoms with Crippen LogP contribution in [-0.4, -0.2) is 20.2 Å². The molecule has 0 aliphatic rings. The lowest BCUT2D eigenvalue weighted by Gasteiger charge is -2.19. The first-order chi connectivity index (χ1) is 13.2. The first-order valence-electron chi connectivity index (χ1n) is 9.31. The molecule has 9 heteroatoms. The largest absolute Gasteiger partial charge is 0.385 e. The van der Waals surface area contributed by atoms with Crippen molar-refractivity contribution in [3.8, 4) is 0 Å². The topological polar surface area (TPSA) is 106 Å². The van der Waals surface area contributed by atoms with Gasteiger partial charge in [0, 0.05) is 6.20 Å². The number of hydrogen-bond acceptors (Lipinski definition) is 5. The molecular formula is C20H28FN3O3S2. The van der Waals surface area contributed by atoms with E-state index >= 15 is 0 Å². The summed E-state index contributed by atoms with van der Waals surface area (Å²) in [6.45, 7) is 10.8. The minimum Gasteiger partial charge on any atom is -0.385 e. The summed E-state index contributed by atoms with van der Waals surface area (Å²) in [5, 5.41) is 15.8. The Bertz CT molecular complexity index is 1030. The van der Waals surface area contributed by atoms with E-state index in [9.17, 15) is 18.5 Å². The van der Waals surface area contributed by atoms with Gasteiger partial charge in [-0.15, -0.1) is 15.7 Å². The highest BCUT2D eigenvalue weighted by Crippen LogP contribution is 2.31. The fourth-order valence-corrected chi connectivity index (χ4v) is 5.22. The third kappa shape index (κ3) is 5.48. The number of carbonyl (C=O) groups is 1. The molecule has 3 N–H and O–H groups in total. The van der Waals surface area contributed by atoms with Crippen molar-refractivity contribution < 1.29 is 18.5 Å². The summed E-state index contributed by atoms with van der Waals surface area (Å²) in [5.74, 6) is -1.14. The number of halogens is 1. The van der Waals surface area contributed by atoms with Gasteiger partial charge in [-0.25, -0.2) is 18.7 Å². The summed E-state index contributed by atoms with van der Waals surface area (Å²) in [7, 11) is -3.57. The second-order valence-electron chi connectivity index (χ2n) is 8.12. The van der Waals surface area contributed by atoms with Gasteiger partial charge in [0.15, 0.2) is 9.92 Å². The summed E-state index contributed by atoms with van der Waals surface area (Å²) in [6.07, 6.45) is 1.17. The zero-order valence-electron chi connectivity index (χ0n) is 17.5. The van der Waals surface area contributed by atoms with Crippen molar-refractivity contribution in [2.45, 2.75) is 69.7 Å². The van der Waals surface area contributed by atoms with Crippen molar-refractivity contribution in [3.05, 3.63) is 45.7 Å². The van der Waals surface area contributed by atoms with E-state index in [1.807, 2.05) is 27.7 Å². The monoisotopic (exact) mass is 441 g/mol. The molecule has 0 saturated heterocycles. The number of carbonyl (C=O) groups excluding carboxylic acids is 1. The van der Waals surface area contributed by atoms with Crippen LogP contribution in [0.5, 0.6) is 0 Å². The summed E-state index contributed by atoms with van der Waals surface area (Å²) < 4.78 is 31.0. The van der Waals surface area contributed by atoms with Crippen molar-refractivity contribution in [1.82, 2.24) is 4.98 Å². The smallest absolute Gasteiger partial charge is 0.259 e. The van der Waals surface area contributed by atoms with Crippen LogP contribution in [0.2, 0.25) is 0 Å². The fourth-order valence-electron chi connectivity index (χ4n) is 3.07. The lowest BCUT2D eigenvalue weighted by Crippen LogP contribution is -2.17. The van der Waals surface area contributed by atoms with Gasteiger partial charge < -0.3 is 5.11 Å². The van der Waals surface area contributed by atoms with Crippen LogP contribution in [0.25, 0.3) is 0 Å². The zero-order chi connectivity index (χ0) is 22.1. The van der Waals surface area contributed by atoms with Gasteiger partial charge in [-0.3, -0.25) is 4.79 Å². The summed E-state index contributed by atoms with van der Waals surface area (Å²) in [4.78, 5) is 17.1.